The lowest BCUT2D eigenvalue weighted by Gasteiger charge is -2.34. The number of likely N-dealkylation sites (tertiary alicyclic amines) is 1. The highest BCUT2D eigenvalue weighted by Crippen LogP contribution is 2.28. The highest BCUT2D eigenvalue weighted by Gasteiger charge is 2.26. The van der Waals surface area contributed by atoms with Crippen molar-refractivity contribution in [2.24, 2.45) is 0 Å². The smallest absolute Gasteiger partial charge is 0.319 e. The number of fused-ring (bicyclic) bond motifs is 1. The van der Waals surface area contributed by atoms with Crippen LogP contribution in [0.3, 0.4) is 0 Å². The Balaban J connectivity index is 1.81. The largest absolute Gasteiger partial charge is 0.343 e. The van der Waals surface area contributed by atoms with E-state index in [1.54, 1.807) is 25.2 Å². The van der Waals surface area contributed by atoms with E-state index in [-0.39, 0.29) is 6.03 Å². The van der Waals surface area contributed by atoms with Gasteiger partial charge in [0.05, 0.1) is 0 Å². The third-order valence-electron chi connectivity index (χ3n) is 3.93. The Hall–Kier alpha value is -2.04. The van der Waals surface area contributed by atoms with Crippen LogP contribution in [0.15, 0.2) is 24.4 Å². The minimum Gasteiger partial charge on any atom is -0.343 e. The van der Waals surface area contributed by atoms with Crippen LogP contribution in [-0.2, 0) is 0 Å². The van der Waals surface area contributed by atoms with Crippen LogP contribution in [-0.4, -0.2) is 53.0 Å². The molecule has 2 amide bonds. The van der Waals surface area contributed by atoms with Crippen LogP contribution in [0.5, 0.6) is 0 Å². The molecule has 1 atom stereocenters. The summed E-state index contributed by atoms with van der Waals surface area (Å²) in [5, 5.41) is 1.14. The van der Waals surface area contributed by atoms with E-state index in [0.29, 0.717) is 5.92 Å². The van der Waals surface area contributed by atoms with Gasteiger partial charge in [-0.15, -0.1) is 0 Å². The molecule has 5 heteroatoms. The van der Waals surface area contributed by atoms with E-state index in [4.69, 9.17) is 0 Å². The zero-order valence-electron chi connectivity index (χ0n) is 12.0. The van der Waals surface area contributed by atoms with Gasteiger partial charge < -0.3 is 14.8 Å². The van der Waals surface area contributed by atoms with Crippen molar-refractivity contribution in [2.75, 3.05) is 27.2 Å². The summed E-state index contributed by atoms with van der Waals surface area (Å²) in [6.07, 6.45) is 3.96. The lowest BCUT2D eigenvalue weighted by atomic mass is 9.95. The fourth-order valence-corrected chi connectivity index (χ4v) is 2.89. The minimum absolute atomic E-state index is 0.101. The maximum absolute atomic E-state index is 12.1. The Morgan fingerprint density at radius 1 is 1.50 bits per heavy atom. The molecule has 20 heavy (non-hydrogen) atoms. The first-order chi connectivity index (χ1) is 9.65. The van der Waals surface area contributed by atoms with Crippen molar-refractivity contribution < 1.29 is 4.79 Å². The molecule has 1 fully saturated rings. The number of carbonyl (C=O) groups is 1. The van der Waals surface area contributed by atoms with Gasteiger partial charge in [-0.3, -0.25) is 0 Å². The first kappa shape index (κ1) is 13.0. The summed E-state index contributed by atoms with van der Waals surface area (Å²) in [7, 11) is 3.61. The third kappa shape index (κ3) is 2.35. The molecule has 0 spiro atoms. The fourth-order valence-electron chi connectivity index (χ4n) is 2.89. The average Bonchev–Trinajstić information content (AvgIpc) is 2.90. The van der Waals surface area contributed by atoms with E-state index in [1.807, 2.05) is 11.0 Å². The average molecular weight is 272 g/mol. The van der Waals surface area contributed by atoms with E-state index in [9.17, 15) is 4.79 Å². The van der Waals surface area contributed by atoms with E-state index in [0.717, 1.165) is 37.0 Å². The van der Waals surface area contributed by atoms with Gasteiger partial charge in [-0.1, -0.05) is 0 Å². The van der Waals surface area contributed by atoms with Gasteiger partial charge in [-0.25, -0.2) is 9.78 Å². The van der Waals surface area contributed by atoms with Gasteiger partial charge >= 0.3 is 6.03 Å². The Morgan fingerprint density at radius 2 is 2.35 bits per heavy atom. The van der Waals surface area contributed by atoms with Gasteiger partial charge in [0, 0.05) is 50.4 Å². The quantitative estimate of drug-likeness (QED) is 0.866. The van der Waals surface area contributed by atoms with E-state index >= 15 is 0 Å². The van der Waals surface area contributed by atoms with Gasteiger partial charge in [0.2, 0.25) is 0 Å². The Labute approximate surface area is 118 Å². The molecule has 106 valence electrons. The molecule has 0 saturated carbocycles. The molecule has 3 heterocycles. The third-order valence-corrected chi connectivity index (χ3v) is 3.93. The van der Waals surface area contributed by atoms with Gasteiger partial charge in [0.25, 0.3) is 0 Å². The molecular weight excluding hydrogens is 252 g/mol. The molecule has 0 radical (unpaired) electrons. The molecule has 0 bridgehead atoms. The lowest BCUT2D eigenvalue weighted by Crippen LogP contribution is -2.44. The molecule has 1 N–H and O–H groups in total. The van der Waals surface area contributed by atoms with Crippen molar-refractivity contribution in [3.05, 3.63) is 30.1 Å². The first-order valence-corrected chi connectivity index (χ1v) is 7.05. The van der Waals surface area contributed by atoms with Crippen molar-refractivity contribution in [1.29, 1.82) is 0 Å². The van der Waals surface area contributed by atoms with Crippen molar-refractivity contribution in [3.63, 3.8) is 0 Å². The predicted molar refractivity (Wildman–Crippen MR) is 78.7 cm³/mol. The number of nitrogens with one attached hydrogen (secondary N) is 1. The molecule has 1 aliphatic rings. The number of hydrogen-bond donors (Lipinski definition) is 1. The summed E-state index contributed by atoms with van der Waals surface area (Å²) in [6.45, 7) is 1.63. The summed E-state index contributed by atoms with van der Waals surface area (Å²) in [5.74, 6) is 0.377. The van der Waals surface area contributed by atoms with Gasteiger partial charge in [-0.05, 0) is 31.0 Å². The number of nitrogens with zero attached hydrogens (tertiary/aromatic N) is 3. The van der Waals surface area contributed by atoms with Crippen LogP contribution >= 0.6 is 0 Å². The van der Waals surface area contributed by atoms with Crippen LogP contribution < -0.4 is 0 Å². The highest BCUT2D eigenvalue weighted by atomic mass is 16.2. The molecule has 3 rings (SSSR count). The normalized spacial score (nSPS) is 19.3. The zero-order chi connectivity index (χ0) is 14.1. The van der Waals surface area contributed by atoms with E-state index in [1.165, 1.54) is 5.69 Å². The van der Waals surface area contributed by atoms with Gasteiger partial charge in [0.1, 0.15) is 5.65 Å². The molecule has 0 aromatic carbocycles. The number of pyridine rings is 1. The van der Waals surface area contributed by atoms with Crippen molar-refractivity contribution >= 4 is 17.1 Å². The number of aromatic nitrogens is 2. The monoisotopic (exact) mass is 272 g/mol. The second-order valence-corrected chi connectivity index (χ2v) is 5.63. The van der Waals surface area contributed by atoms with Crippen LogP contribution in [0.2, 0.25) is 0 Å². The summed E-state index contributed by atoms with van der Waals surface area (Å²) in [5.41, 5.74) is 2.12. The summed E-state index contributed by atoms with van der Waals surface area (Å²) >= 11 is 0. The maximum Gasteiger partial charge on any atom is 0.319 e. The standard InChI is InChI=1S/C15H20N4O/c1-18(2)15(20)19-8-4-6-12(10-19)13-9-11-5-3-7-16-14(11)17-13/h3,5,7,9,12H,4,6,8,10H2,1-2H3,(H,16,17). The van der Waals surface area contributed by atoms with Gasteiger partial charge in [0.15, 0.2) is 0 Å². The summed E-state index contributed by atoms with van der Waals surface area (Å²) < 4.78 is 0. The number of hydrogen-bond acceptors (Lipinski definition) is 2. The summed E-state index contributed by atoms with van der Waals surface area (Å²) in [4.78, 5) is 23.4. The van der Waals surface area contributed by atoms with Crippen LogP contribution in [0.1, 0.15) is 24.5 Å². The molecule has 1 unspecified atom stereocenters. The Kier molecular flexibility index (Phi) is 3.34. The number of aromatic amines is 1. The van der Waals surface area contributed by atoms with Gasteiger partial charge in [-0.2, -0.15) is 0 Å². The number of piperidine rings is 1. The molecule has 1 aliphatic heterocycles. The Bertz CT molecular complexity index is 586. The van der Waals surface area contributed by atoms with Crippen molar-refractivity contribution in [3.8, 4) is 0 Å². The Morgan fingerprint density at radius 3 is 3.10 bits per heavy atom. The molecule has 2 aromatic rings. The molecule has 0 aliphatic carbocycles. The second-order valence-electron chi connectivity index (χ2n) is 5.63. The topological polar surface area (TPSA) is 52.2 Å². The van der Waals surface area contributed by atoms with Crippen LogP contribution in [0.4, 0.5) is 4.79 Å². The minimum atomic E-state index is 0.101. The lowest BCUT2D eigenvalue weighted by molar-refractivity contribution is 0.154. The number of rotatable bonds is 1. The van der Waals surface area contributed by atoms with Crippen molar-refractivity contribution in [1.82, 2.24) is 19.8 Å². The van der Waals surface area contributed by atoms with Crippen molar-refractivity contribution in [2.45, 2.75) is 18.8 Å². The predicted octanol–water partition coefficient (Wildman–Crippen LogP) is 2.42. The van der Waals surface area contributed by atoms with Crippen LogP contribution in [0.25, 0.3) is 11.0 Å². The van der Waals surface area contributed by atoms with E-state index < -0.39 is 0 Å². The number of amides is 2. The highest BCUT2D eigenvalue weighted by molar-refractivity contribution is 5.77. The molecule has 2 aromatic heterocycles. The summed E-state index contributed by atoms with van der Waals surface area (Å²) in [6, 6.07) is 6.27. The molecular formula is C15H20N4O. The number of carbonyl (C=O) groups excluding carboxylic acids is 1. The zero-order valence-corrected chi connectivity index (χ0v) is 12.0. The first-order valence-electron chi connectivity index (χ1n) is 7.05. The van der Waals surface area contributed by atoms with Crippen LogP contribution in [0, 0.1) is 0 Å². The SMILES string of the molecule is CN(C)C(=O)N1CCCC(c2cc3cccnc3[nH]2)C1. The molecule has 1 saturated heterocycles. The maximum atomic E-state index is 12.1. The molecule has 5 nitrogen and oxygen atoms in total. The number of urea groups is 1. The fraction of sp³-hybridized carbons (Fsp3) is 0.467. The number of H-pyrrole nitrogens is 1. The second kappa shape index (κ2) is 5.15. The van der Waals surface area contributed by atoms with E-state index in [2.05, 4.69) is 22.1 Å².